The van der Waals surface area contributed by atoms with Gasteiger partial charge in [-0.15, -0.1) is 0 Å². The lowest BCUT2D eigenvalue weighted by Gasteiger charge is -2.16. The highest BCUT2D eigenvalue weighted by Crippen LogP contribution is 2.21. The normalized spacial score (nSPS) is 13.6. The van der Waals surface area contributed by atoms with Gasteiger partial charge in [-0.2, -0.15) is 0 Å². The maximum Gasteiger partial charge on any atom is 0.147 e. The van der Waals surface area contributed by atoms with Crippen molar-refractivity contribution in [1.82, 2.24) is 5.32 Å². The van der Waals surface area contributed by atoms with Gasteiger partial charge in [0.1, 0.15) is 9.84 Å². The van der Waals surface area contributed by atoms with Gasteiger partial charge >= 0.3 is 0 Å². The zero-order valence-corrected chi connectivity index (χ0v) is 12.5. The molecule has 0 aliphatic heterocycles. The van der Waals surface area contributed by atoms with Gasteiger partial charge in [0, 0.05) is 22.5 Å². The fourth-order valence-corrected chi connectivity index (χ4v) is 2.86. The van der Waals surface area contributed by atoms with Crippen molar-refractivity contribution in [3.05, 3.63) is 34.3 Å². The first-order valence-electron chi connectivity index (χ1n) is 5.53. The Hall–Kier alpha value is -0.390. The van der Waals surface area contributed by atoms with Crippen LogP contribution in [0.2, 0.25) is 0 Å². The van der Waals surface area contributed by atoms with Crippen LogP contribution in [0.4, 0.5) is 0 Å². The fraction of sp³-hybridized carbons (Fsp3) is 0.500. The monoisotopic (exact) mass is 319 g/mol. The third-order valence-electron chi connectivity index (χ3n) is 2.61. The van der Waals surface area contributed by atoms with Gasteiger partial charge in [0.25, 0.3) is 0 Å². The van der Waals surface area contributed by atoms with Crippen LogP contribution in [-0.4, -0.2) is 27.5 Å². The van der Waals surface area contributed by atoms with Gasteiger partial charge in [0.15, 0.2) is 0 Å². The molecule has 1 aromatic carbocycles. The maximum absolute atomic E-state index is 11.1. The van der Waals surface area contributed by atoms with Gasteiger partial charge in [-0.25, -0.2) is 8.42 Å². The first kappa shape index (κ1) is 14.7. The molecule has 0 heterocycles. The molecule has 0 radical (unpaired) electrons. The van der Waals surface area contributed by atoms with E-state index in [1.165, 1.54) is 11.8 Å². The number of benzene rings is 1. The van der Waals surface area contributed by atoms with Gasteiger partial charge in [-0.3, -0.25) is 0 Å². The number of hydrogen-bond donors (Lipinski definition) is 1. The fourth-order valence-electron chi connectivity index (χ4n) is 1.75. The Morgan fingerprint density at radius 2 is 2.12 bits per heavy atom. The minimum absolute atomic E-state index is 0.203. The Morgan fingerprint density at radius 1 is 1.41 bits per heavy atom. The number of rotatable bonds is 6. The van der Waals surface area contributed by atoms with Crippen LogP contribution in [0.15, 0.2) is 28.7 Å². The van der Waals surface area contributed by atoms with E-state index in [-0.39, 0.29) is 11.8 Å². The van der Waals surface area contributed by atoms with E-state index in [1.807, 2.05) is 25.2 Å². The second-order valence-electron chi connectivity index (χ2n) is 4.17. The third kappa shape index (κ3) is 5.66. The lowest BCUT2D eigenvalue weighted by Crippen LogP contribution is -2.17. The zero-order chi connectivity index (χ0) is 12.9. The van der Waals surface area contributed by atoms with Crippen LogP contribution in [0.1, 0.15) is 24.4 Å². The quantitative estimate of drug-likeness (QED) is 0.876. The Bertz CT molecular complexity index is 459. The van der Waals surface area contributed by atoms with E-state index in [9.17, 15) is 8.42 Å². The molecule has 1 N–H and O–H groups in total. The van der Waals surface area contributed by atoms with Crippen molar-refractivity contribution in [2.24, 2.45) is 0 Å². The summed E-state index contributed by atoms with van der Waals surface area (Å²) in [6.45, 7) is 0. The molecule has 0 bridgehead atoms. The molecule has 1 rings (SSSR count). The molecule has 96 valence electrons. The molecule has 0 aromatic heterocycles. The molecular formula is C12H18BrNO2S. The van der Waals surface area contributed by atoms with Crippen LogP contribution in [0.3, 0.4) is 0 Å². The average molecular weight is 320 g/mol. The maximum atomic E-state index is 11.1. The lowest BCUT2D eigenvalue weighted by atomic mass is 10.0. The zero-order valence-electron chi connectivity index (χ0n) is 10.1. The average Bonchev–Trinajstić information content (AvgIpc) is 2.23. The van der Waals surface area contributed by atoms with Crippen molar-refractivity contribution in [3.8, 4) is 0 Å². The van der Waals surface area contributed by atoms with Gasteiger partial charge < -0.3 is 5.32 Å². The molecule has 0 amide bonds. The van der Waals surface area contributed by atoms with Crippen molar-refractivity contribution >= 4 is 25.8 Å². The van der Waals surface area contributed by atoms with E-state index >= 15 is 0 Å². The molecule has 0 spiro atoms. The smallest absolute Gasteiger partial charge is 0.147 e. The van der Waals surface area contributed by atoms with Gasteiger partial charge in [-0.05, 0) is 37.6 Å². The van der Waals surface area contributed by atoms with Gasteiger partial charge in [-0.1, -0.05) is 28.1 Å². The summed E-state index contributed by atoms with van der Waals surface area (Å²) >= 11 is 3.44. The van der Waals surface area contributed by atoms with Gasteiger partial charge in [0.05, 0.1) is 0 Å². The van der Waals surface area contributed by atoms with E-state index in [2.05, 4.69) is 27.3 Å². The van der Waals surface area contributed by atoms with E-state index in [4.69, 9.17) is 0 Å². The topological polar surface area (TPSA) is 46.2 Å². The van der Waals surface area contributed by atoms with Crippen LogP contribution >= 0.6 is 15.9 Å². The summed E-state index contributed by atoms with van der Waals surface area (Å²) in [7, 11) is -0.961. The Morgan fingerprint density at radius 3 is 2.65 bits per heavy atom. The van der Waals surface area contributed by atoms with Crippen LogP contribution < -0.4 is 5.32 Å². The summed E-state index contributed by atoms with van der Waals surface area (Å²) in [5.41, 5.74) is 1.18. The van der Waals surface area contributed by atoms with Crippen molar-refractivity contribution in [2.45, 2.75) is 18.9 Å². The summed E-state index contributed by atoms with van der Waals surface area (Å²) in [5, 5.41) is 3.22. The molecule has 1 atom stereocenters. The highest BCUT2D eigenvalue weighted by molar-refractivity contribution is 9.10. The van der Waals surface area contributed by atoms with Crippen LogP contribution in [0.5, 0.6) is 0 Å². The van der Waals surface area contributed by atoms with Crippen LogP contribution in [0, 0.1) is 0 Å². The van der Waals surface area contributed by atoms with Crippen LogP contribution in [-0.2, 0) is 9.84 Å². The minimum Gasteiger partial charge on any atom is -0.313 e. The van der Waals surface area contributed by atoms with E-state index in [0.29, 0.717) is 6.42 Å². The number of nitrogens with one attached hydrogen (secondary N) is 1. The SMILES string of the molecule is CNC(CCCS(C)(=O)=O)c1cccc(Br)c1. The second kappa shape index (κ2) is 6.52. The van der Waals surface area contributed by atoms with Crippen LogP contribution in [0.25, 0.3) is 0 Å². The molecule has 0 fully saturated rings. The second-order valence-corrected chi connectivity index (χ2v) is 7.34. The summed E-state index contributed by atoms with van der Waals surface area (Å²) in [5.74, 6) is 0.249. The number of halogens is 1. The molecule has 5 heteroatoms. The molecule has 17 heavy (non-hydrogen) atoms. The van der Waals surface area contributed by atoms with E-state index < -0.39 is 9.84 Å². The number of sulfone groups is 1. The highest BCUT2D eigenvalue weighted by Gasteiger charge is 2.10. The van der Waals surface area contributed by atoms with E-state index in [1.54, 1.807) is 0 Å². The minimum atomic E-state index is -2.86. The largest absolute Gasteiger partial charge is 0.313 e. The number of hydrogen-bond acceptors (Lipinski definition) is 3. The van der Waals surface area contributed by atoms with Crippen molar-refractivity contribution in [1.29, 1.82) is 0 Å². The predicted octanol–water partition coefficient (Wildman–Crippen LogP) is 2.53. The van der Waals surface area contributed by atoms with Crippen molar-refractivity contribution in [2.75, 3.05) is 19.1 Å². The molecule has 0 aliphatic rings. The molecule has 3 nitrogen and oxygen atoms in total. The predicted molar refractivity (Wildman–Crippen MR) is 74.9 cm³/mol. The Balaban J connectivity index is 2.60. The molecular weight excluding hydrogens is 302 g/mol. The standard InChI is InChI=1S/C12H18BrNO2S/c1-14-12(7-4-8-17(2,15)16)10-5-3-6-11(13)9-10/h3,5-6,9,12,14H,4,7-8H2,1-2H3. The van der Waals surface area contributed by atoms with Crippen molar-refractivity contribution in [3.63, 3.8) is 0 Å². The van der Waals surface area contributed by atoms with E-state index in [0.717, 1.165) is 10.9 Å². The summed E-state index contributed by atoms with van der Waals surface area (Å²) in [6.07, 6.45) is 2.78. The summed E-state index contributed by atoms with van der Waals surface area (Å²) in [4.78, 5) is 0. The Kier molecular flexibility index (Phi) is 5.62. The molecule has 0 saturated carbocycles. The third-order valence-corrected chi connectivity index (χ3v) is 4.13. The Labute approximate surface area is 112 Å². The van der Waals surface area contributed by atoms with Gasteiger partial charge in [0.2, 0.25) is 0 Å². The summed E-state index contributed by atoms with van der Waals surface area (Å²) in [6, 6.07) is 8.27. The first-order valence-corrected chi connectivity index (χ1v) is 8.38. The first-order chi connectivity index (χ1) is 7.92. The summed E-state index contributed by atoms with van der Waals surface area (Å²) < 4.78 is 23.2. The lowest BCUT2D eigenvalue weighted by molar-refractivity contribution is 0.536. The molecule has 1 unspecified atom stereocenters. The molecule has 0 saturated heterocycles. The van der Waals surface area contributed by atoms with Crippen molar-refractivity contribution < 1.29 is 8.42 Å². The molecule has 0 aliphatic carbocycles. The highest BCUT2D eigenvalue weighted by atomic mass is 79.9. The molecule has 1 aromatic rings.